The van der Waals surface area contributed by atoms with Crippen LogP contribution >= 0.6 is 0 Å². The van der Waals surface area contributed by atoms with Crippen LogP contribution < -0.4 is 10.6 Å². The van der Waals surface area contributed by atoms with Crippen LogP contribution in [0, 0.1) is 12.8 Å². The number of aromatic nitrogens is 2. The largest absolute Gasteiger partial charge is 0.370 e. The molecule has 0 bridgehead atoms. The summed E-state index contributed by atoms with van der Waals surface area (Å²) in [7, 11) is 0. The first-order valence-corrected chi connectivity index (χ1v) is 5.54. The lowest BCUT2D eigenvalue weighted by Crippen LogP contribution is -2.10. The molecule has 1 aromatic rings. The zero-order valence-electron chi connectivity index (χ0n) is 9.54. The Hall–Kier alpha value is -1.32. The molecule has 1 aliphatic rings. The molecule has 2 N–H and O–H groups in total. The van der Waals surface area contributed by atoms with Crippen molar-refractivity contribution in [3.63, 3.8) is 0 Å². The molecule has 0 aliphatic heterocycles. The third kappa shape index (κ3) is 2.19. The smallest absolute Gasteiger partial charge is 0.134 e. The van der Waals surface area contributed by atoms with E-state index in [9.17, 15) is 0 Å². The standard InChI is InChI=1S/C11H18N4/c1-4-12-10-8(3)11(14-6-13-10)15-9-5-7(9)2/h6-7,9H,4-5H2,1-3H3,(H2,12,13,14,15). The van der Waals surface area contributed by atoms with E-state index in [4.69, 9.17) is 0 Å². The topological polar surface area (TPSA) is 49.8 Å². The molecule has 15 heavy (non-hydrogen) atoms. The number of hydrogen-bond donors (Lipinski definition) is 2. The van der Waals surface area contributed by atoms with Crippen molar-refractivity contribution in [3.05, 3.63) is 11.9 Å². The second-order valence-corrected chi connectivity index (χ2v) is 4.19. The Morgan fingerprint density at radius 3 is 2.67 bits per heavy atom. The van der Waals surface area contributed by atoms with Gasteiger partial charge in [0.25, 0.3) is 0 Å². The quantitative estimate of drug-likeness (QED) is 0.791. The fourth-order valence-electron chi connectivity index (χ4n) is 1.64. The van der Waals surface area contributed by atoms with Crippen molar-refractivity contribution < 1.29 is 0 Å². The van der Waals surface area contributed by atoms with Gasteiger partial charge in [-0.05, 0) is 26.2 Å². The molecule has 0 aromatic carbocycles. The number of rotatable bonds is 4. The molecule has 0 saturated heterocycles. The summed E-state index contributed by atoms with van der Waals surface area (Å²) in [5, 5.41) is 6.67. The Labute approximate surface area is 90.5 Å². The fourth-order valence-corrected chi connectivity index (χ4v) is 1.64. The lowest BCUT2D eigenvalue weighted by Gasteiger charge is -2.11. The van der Waals surface area contributed by atoms with Gasteiger partial charge in [-0.3, -0.25) is 0 Å². The summed E-state index contributed by atoms with van der Waals surface area (Å²) in [5.74, 6) is 2.68. The Kier molecular flexibility index (Phi) is 2.75. The van der Waals surface area contributed by atoms with Gasteiger partial charge in [-0.25, -0.2) is 9.97 Å². The minimum absolute atomic E-state index is 0.605. The van der Waals surface area contributed by atoms with Gasteiger partial charge < -0.3 is 10.6 Å². The number of nitrogens with one attached hydrogen (secondary N) is 2. The predicted molar refractivity (Wildman–Crippen MR) is 62.1 cm³/mol. The maximum absolute atomic E-state index is 4.27. The summed E-state index contributed by atoms with van der Waals surface area (Å²) in [6.45, 7) is 7.25. The molecule has 1 fully saturated rings. The SMILES string of the molecule is CCNc1ncnc(NC2CC2C)c1C. The van der Waals surface area contributed by atoms with Crippen molar-refractivity contribution in [2.45, 2.75) is 33.2 Å². The Balaban J connectivity index is 2.12. The van der Waals surface area contributed by atoms with Crippen LogP contribution in [0.25, 0.3) is 0 Å². The zero-order chi connectivity index (χ0) is 10.8. The molecule has 2 rings (SSSR count). The van der Waals surface area contributed by atoms with E-state index in [2.05, 4.69) is 34.4 Å². The summed E-state index contributed by atoms with van der Waals surface area (Å²) >= 11 is 0. The van der Waals surface area contributed by atoms with E-state index in [1.807, 2.05) is 6.92 Å². The lowest BCUT2D eigenvalue weighted by atomic mass is 10.3. The van der Waals surface area contributed by atoms with Gasteiger partial charge in [-0.1, -0.05) is 6.92 Å². The number of hydrogen-bond acceptors (Lipinski definition) is 4. The Morgan fingerprint density at radius 2 is 2.07 bits per heavy atom. The molecule has 4 nitrogen and oxygen atoms in total. The third-order valence-corrected chi connectivity index (χ3v) is 2.86. The third-order valence-electron chi connectivity index (χ3n) is 2.86. The highest BCUT2D eigenvalue weighted by Crippen LogP contribution is 2.33. The van der Waals surface area contributed by atoms with Gasteiger partial charge in [-0.15, -0.1) is 0 Å². The molecular weight excluding hydrogens is 188 g/mol. The van der Waals surface area contributed by atoms with E-state index in [1.54, 1.807) is 6.33 Å². The monoisotopic (exact) mass is 206 g/mol. The second-order valence-electron chi connectivity index (χ2n) is 4.19. The molecule has 1 saturated carbocycles. The second kappa shape index (κ2) is 4.04. The van der Waals surface area contributed by atoms with Crippen molar-refractivity contribution in [3.8, 4) is 0 Å². The van der Waals surface area contributed by atoms with Crippen molar-refractivity contribution >= 4 is 11.6 Å². The zero-order valence-corrected chi connectivity index (χ0v) is 9.54. The first kappa shape index (κ1) is 10.2. The van der Waals surface area contributed by atoms with Gasteiger partial charge in [0, 0.05) is 18.2 Å². The van der Waals surface area contributed by atoms with Crippen LogP contribution in [0.5, 0.6) is 0 Å². The van der Waals surface area contributed by atoms with Crippen molar-refractivity contribution in [2.24, 2.45) is 5.92 Å². The molecular formula is C11H18N4. The van der Waals surface area contributed by atoms with Gasteiger partial charge >= 0.3 is 0 Å². The first-order valence-electron chi connectivity index (χ1n) is 5.54. The van der Waals surface area contributed by atoms with E-state index in [1.165, 1.54) is 6.42 Å². The predicted octanol–water partition coefficient (Wildman–Crippen LogP) is 2.04. The average molecular weight is 206 g/mol. The van der Waals surface area contributed by atoms with Crippen LogP contribution in [0.1, 0.15) is 25.8 Å². The maximum Gasteiger partial charge on any atom is 0.134 e. The van der Waals surface area contributed by atoms with Gasteiger partial charge in [-0.2, -0.15) is 0 Å². The molecule has 0 radical (unpaired) electrons. The molecule has 82 valence electrons. The van der Waals surface area contributed by atoms with E-state index >= 15 is 0 Å². The number of nitrogens with zero attached hydrogens (tertiary/aromatic N) is 2. The van der Waals surface area contributed by atoms with Crippen LogP contribution in [0.3, 0.4) is 0 Å². The summed E-state index contributed by atoms with van der Waals surface area (Å²) in [4.78, 5) is 8.49. The van der Waals surface area contributed by atoms with E-state index in [-0.39, 0.29) is 0 Å². The molecule has 1 heterocycles. The molecule has 1 aliphatic carbocycles. The van der Waals surface area contributed by atoms with Crippen molar-refractivity contribution in [1.29, 1.82) is 0 Å². The highest BCUT2D eigenvalue weighted by Gasteiger charge is 2.33. The molecule has 0 amide bonds. The van der Waals surface area contributed by atoms with Gasteiger partial charge in [0.2, 0.25) is 0 Å². The minimum atomic E-state index is 0.605. The Bertz CT molecular complexity index is 350. The van der Waals surface area contributed by atoms with Crippen molar-refractivity contribution in [2.75, 3.05) is 17.2 Å². The van der Waals surface area contributed by atoms with Gasteiger partial charge in [0.05, 0.1) is 0 Å². The van der Waals surface area contributed by atoms with Crippen LogP contribution in [0.15, 0.2) is 6.33 Å². The van der Waals surface area contributed by atoms with Crippen LogP contribution in [0.2, 0.25) is 0 Å². The van der Waals surface area contributed by atoms with Gasteiger partial charge in [0.15, 0.2) is 0 Å². The molecule has 2 atom stereocenters. The van der Waals surface area contributed by atoms with E-state index in [0.717, 1.165) is 29.7 Å². The normalized spacial score (nSPS) is 23.7. The molecule has 4 heteroatoms. The van der Waals surface area contributed by atoms with Gasteiger partial charge in [0.1, 0.15) is 18.0 Å². The highest BCUT2D eigenvalue weighted by atomic mass is 15.1. The fraction of sp³-hybridized carbons (Fsp3) is 0.636. The molecule has 1 aromatic heterocycles. The summed E-state index contributed by atoms with van der Waals surface area (Å²) < 4.78 is 0. The summed E-state index contributed by atoms with van der Waals surface area (Å²) in [6, 6.07) is 0.605. The summed E-state index contributed by atoms with van der Waals surface area (Å²) in [6.07, 6.45) is 2.86. The first-order chi connectivity index (χ1) is 7.22. The van der Waals surface area contributed by atoms with Crippen LogP contribution in [0.4, 0.5) is 11.6 Å². The maximum atomic E-state index is 4.27. The van der Waals surface area contributed by atoms with E-state index in [0.29, 0.717) is 6.04 Å². The average Bonchev–Trinajstić information content (AvgIpc) is 2.89. The highest BCUT2D eigenvalue weighted by molar-refractivity contribution is 5.57. The number of anilines is 2. The van der Waals surface area contributed by atoms with E-state index < -0.39 is 0 Å². The molecule has 0 spiro atoms. The molecule has 2 unspecified atom stereocenters. The van der Waals surface area contributed by atoms with Crippen LogP contribution in [-0.2, 0) is 0 Å². The summed E-state index contributed by atoms with van der Waals surface area (Å²) in [5.41, 5.74) is 1.11. The Morgan fingerprint density at radius 1 is 1.40 bits per heavy atom. The van der Waals surface area contributed by atoms with Crippen molar-refractivity contribution in [1.82, 2.24) is 9.97 Å². The minimum Gasteiger partial charge on any atom is -0.370 e. The lowest BCUT2D eigenvalue weighted by molar-refractivity contribution is 0.918. The van der Waals surface area contributed by atoms with Crippen LogP contribution in [-0.4, -0.2) is 22.6 Å².